The van der Waals surface area contributed by atoms with E-state index in [4.69, 9.17) is 9.15 Å². The third-order valence-electron chi connectivity index (χ3n) is 4.19. The van der Waals surface area contributed by atoms with Gasteiger partial charge in [0.05, 0.1) is 11.5 Å². The van der Waals surface area contributed by atoms with Crippen molar-refractivity contribution in [1.82, 2.24) is 9.80 Å². The first-order valence-electron chi connectivity index (χ1n) is 7.86. The molecule has 0 aliphatic carbocycles. The van der Waals surface area contributed by atoms with Gasteiger partial charge in [0.25, 0.3) is 0 Å². The maximum Gasteiger partial charge on any atom is 0.339 e. The van der Waals surface area contributed by atoms with Crippen molar-refractivity contribution in [1.29, 1.82) is 0 Å². The van der Waals surface area contributed by atoms with Gasteiger partial charge in [-0.05, 0) is 18.7 Å². The summed E-state index contributed by atoms with van der Waals surface area (Å²) in [7, 11) is 0. The Hall–Kier alpha value is -1.85. The summed E-state index contributed by atoms with van der Waals surface area (Å²) < 4.78 is 11.0. The number of piperazine rings is 1. The number of benzene rings is 1. The summed E-state index contributed by atoms with van der Waals surface area (Å²) in [5.74, 6) is 0.610. The number of hydrogen-bond acceptors (Lipinski definition) is 5. The normalized spacial score (nSPS) is 17.0. The van der Waals surface area contributed by atoms with Gasteiger partial charge in [-0.2, -0.15) is 0 Å². The van der Waals surface area contributed by atoms with E-state index < -0.39 is 0 Å². The quantitative estimate of drug-likeness (QED) is 0.788. The predicted octanol–water partition coefficient (Wildman–Crippen LogP) is 1.81. The van der Waals surface area contributed by atoms with E-state index in [2.05, 4.69) is 16.7 Å². The van der Waals surface area contributed by atoms with Crippen molar-refractivity contribution in [3.05, 3.63) is 40.8 Å². The van der Waals surface area contributed by atoms with Crippen molar-refractivity contribution in [2.75, 3.05) is 45.9 Å². The standard InChI is InChI=1S/C17H22N2O3/c1-2-18-7-9-19(10-8-18)11-12-21-16-13-17(20)22-15-6-4-3-5-14(15)16/h3-6,13H,2,7-12H2,1H3. The molecule has 0 saturated carbocycles. The Kier molecular flexibility index (Phi) is 4.75. The van der Waals surface area contributed by atoms with Crippen molar-refractivity contribution in [2.45, 2.75) is 6.92 Å². The highest BCUT2D eigenvalue weighted by molar-refractivity contribution is 5.82. The second-order valence-corrected chi connectivity index (χ2v) is 5.55. The molecule has 0 unspecified atom stereocenters. The molecule has 0 amide bonds. The van der Waals surface area contributed by atoms with Gasteiger partial charge >= 0.3 is 5.63 Å². The molecule has 1 aliphatic heterocycles. The van der Waals surface area contributed by atoms with E-state index in [1.807, 2.05) is 18.2 Å². The Labute approximate surface area is 130 Å². The lowest BCUT2D eigenvalue weighted by Gasteiger charge is -2.33. The van der Waals surface area contributed by atoms with Crippen LogP contribution in [0, 0.1) is 0 Å². The van der Waals surface area contributed by atoms with Crippen LogP contribution in [0.25, 0.3) is 11.0 Å². The average Bonchev–Trinajstić information content (AvgIpc) is 2.55. The smallest absolute Gasteiger partial charge is 0.339 e. The summed E-state index contributed by atoms with van der Waals surface area (Å²) in [4.78, 5) is 16.4. The van der Waals surface area contributed by atoms with Crippen LogP contribution in [0.4, 0.5) is 0 Å². The molecule has 1 saturated heterocycles. The molecule has 5 nitrogen and oxygen atoms in total. The minimum Gasteiger partial charge on any atom is -0.491 e. The Bertz CT molecular complexity index is 675. The Morgan fingerprint density at radius 3 is 2.64 bits per heavy atom. The first-order valence-corrected chi connectivity index (χ1v) is 7.86. The minimum atomic E-state index is -0.370. The molecule has 1 aromatic heterocycles. The van der Waals surface area contributed by atoms with Crippen LogP contribution in [0.5, 0.6) is 5.75 Å². The molecular weight excluding hydrogens is 280 g/mol. The molecule has 22 heavy (non-hydrogen) atoms. The number of hydrogen-bond donors (Lipinski definition) is 0. The zero-order valence-corrected chi connectivity index (χ0v) is 13.0. The highest BCUT2D eigenvalue weighted by Gasteiger charge is 2.15. The molecule has 0 bridgehead atoms. The highest BCUT2D eigenvalue weighted by atomic mass is 16.5. The van der Waals surface area contributed by atoms with Crippen molar-refractivity contribution in [3.8, 4) is 5.75 Å². The van der Waals surface area contributed by atoms with Crippen LogP contribution in [0.3, 0.4) is 0 Å². The summed E-state index contributed by atoms with van der Waals surface area (Å²) in [6.07, 6.45) is 0. The van der Waals surface area contributed by atoms with Crippen LogP contribution in [-0.2, 0) is 0 Å². The monoisotopic (exact) mass is 302 g/mol. The molecule has 118 valence electrons. The third kappa shape index (κ3) is 3.48. The Balaban J connectivity index is 1.59. The number of likely N-dealkylation sites (N-methyl/N-ethyl adjacent to an activating group) is 1. The van der Waals surface area contributed by atoms with Gasteiger partial charge < -0.3 is 14.1 Å². The van der Waals surface area contributed by atoms with Crippen molar-refractivity contribution < 1.29 is 9.15 Å². The first kappa shape index (κ1) is 15.1. The lowest BCUT2D eigenvalue weighted by atomic mass is 10.2. The number of fused-ring (bicyclic) bond motifs is 1. The van der Waals surface area contributed by atoms with Gasteiger partial charge in [0, 0.05) is 32.7 Å². The fourth-order valence-electron chi connectivity index (χ4n) is 2.82. The number of ether oxygens (including phenoxy) is 1. The van der Waals surface area contributed by atoms with Gasteiger partial charge in [0.2, 0.25) is 0 Å². The molecule has 2 heterocycles. The molecule has 0 spiro atoms. The lowest BCUT2D eigenvalue weighted by molar-refractivity contribution is 0.121. The van der Waals surface area contributed by atoms with Crippen LogP contribution in [0.1, 0.15) is 6.92 Å². The zero-order chi connectivity index (χ0) is 15.4. The zero-order valence-electron chi connectivity index (χ0n) is 13.0. The lowest BCUT2D eigenvalue weighted by Crippen LogP contribution is -2.47. The summed E-state index contributed by atoms with van der Waals surface area (Å²) in [5.41, 5.74) is 0.201. The van der Waals surface area contributed by atoms with E-state index >= 15 is 0 Å². The summed E-state index contributed by atoms with van der Waals surface area (Å²) in [5, 5.41) is 0.845. The van der Waals surface area contributed by atoms with E-state index in [1.54, 1.807) is 6.07 Å². The topological polar surface area (TPSA) is 45.9 Å². The molecule has 0 radical (unpaired) electrons. The number of rotatable bonds is 5. The molecule has 0 N–H and O–H groups in total. The van der Waals surface area contributed by atoms with E-state index in [9.17, 15) is 4.79 Å². The van der Waals surface area contributed by atoms with Crippen LogP contribution >= 0.6 is 0 Å². The molecule has 3 rings (SSSR count). The number of nitrogens with zero attached hydrogens (tertiary/aromatic N) is 2. The van der Waals surface area contributed by atoms with Gasteiger partial charge in [-0.1, -0.05) is 19.1 Å². The van der Waals surface area contributed by atoms with E-state index in [1.165, 1.54) is 6.07 Å². The van der Waals surface area contributed by atoms with Gasteiger partial charge in [-0.15, -0.1) is 0 Å². The Morgan fingerprint density at radius 1 is 1.14 bits per heavy atom. The molecule has 0 atom stereocenters. The maximum absolute atomic E-state index is 11.6. The minimum absolute atomic E-state index is 0.370. The summed E-state index contributed by atoms with van der Waals surface area (Å²) in [6, 6.07) is 8.89. The van der Waals surface area contributed by atoms with Crippen LogP contribution in [0.15, 0.2) is 39.5 Å². The van der Waals surface area contributed by atoms with E-state index in [0.717, 1.165) is 44.7 Å². The molecule has 5 heteroatoms. The maximum atomic E-state index is 11.6. The van der Waals surface area contributed by atoms with Crippen LogP contribution in [-0.4, -0.2) is 55.7 Å². The van der Waals surface area contributed by atoms with Crippen molar-refractivity contribution in [2.24, 2.45) is 0 Å². The largest absolute Gasteiger partial charge is 0.491 e. The van der Waals surface area contributed by atoms with Crippen LogP contribution in [0.2, 0.25) is 0 Å². The average molecular weight is 302 g/mol. The molecule has 1 fully saturated rings. The fourth-order valence-corrected chi connectivity index (χ4v) is 2.82. The van der Waals surface area contributed by atoms with Gasteiger partial charge in [-0.3, -0.25) is 4.90 Å². The molecular formula is C17H22N2O3. The van der Waals surface area contributed by atoms with Crippen molar-refractivity contribution in [3.63, 3.8) is 0 Å². The number of para-hydroxylation sites is 1. The predicted molar refractivity (Wildman–Crippen MR) is 86.5 cm³/mol. The molecule has 2 aromatic rings. The van der Waals surface area contributed by atoms with E-state index in [-0.39, 0.29) is 5.63 Å². The molecule has 1 aliphatic rings. The summed E-state index contributed by atoms with van der Waals surface area (Å²) >= 11 is 0. The van der Waals surface area contributed by atoms with Gasteiger partial charge in [0.15, 0.2) is 0 Å². The SMILES string of the molecule is CCN1CCN(CCOc2cc(=O)oc3ccccc23)CC1. The van der Waals surface area contributed by atoms with Crippen molar-refractivity contribution >= 4 is 11.0 Å². The van der Waals surface area contributed by atoms with E-state index in [0.29, 0.717) is 17.9 Å². The second kappa shape index (κ2) is 6.94. The Morgan fingerprint density at radius 2 is 1.86 bits per heavy atom. The third-order valence-corrected chi connectivity index (χ3v) is 4.19. The summed E-state index contributed by atoms with van der Waals surface area (Å²) in [6.45, 7) is 9.18. The van der Waals surface area contributed by atoms with Gasteiger partial charge in [-0.25, -0.2) is 4.79 Å². The van der Waals surface area contributed by atoms with Crippen LogP contribution < -0.4 is 10.4 Å². The first-order chi connectivity index (χ1) is 10.8. The van der Waals surface area contributed by atoms with Gasteiger partial charge in [0.1, 0.15) is 17.9 Å². The highest BCUT2D eigenvalue weighted by Crippen LogP contribution is 2.23. The second-order valence-electron chi connectivity index (χ2n) is 5.55. The molecule has 1 aromatic carbocycles. The fraction of sp³-hybridized carbons (Fsp3) is 0.471.